The monoisotopic (exact) mass is 251 g/mol. The van der Waals surface area contributed by atoms with E-state index in [1.54, 1.807) is 0 Å². The van der Waals surface area contributed by atoms with Crippen LogP contribution in [0.25, 0.3) is 0 Å². The molecule has 2 rings (SSSR count). The smallest absolute Gasteiger partial charge is 0.0982 e. The van der Waals surface area contributed by atoms with Crippen LogP contribution >= 0.6 is 0 Å². The predicted molar refractivity (Wildman–Crippen MR) is 72.5 cm³/mol. The number of nitrogens with zero attached hydrogens (tertiary/aromatic N) is 3. The summed E-state index contributed by atoms with van der Waals surface area (Å²) in [5.41, 5.74) is 1.21. The Kier molecular flexibility index (Phi) is 4.78. The fourth-order valence-corrected chi connectivity index (χ4v) is 2.59. The van der Waals surface area contributed by atoms with Gasteiger partial charge < -0.3 is 4.74 Å². The summed E-state index contributed by atoms with van der Waals surface area (Å²) in [7, 11) is 0. The Morgan fingerprint density at radius 3 is 3.00 bits per heavy atom. The number of aromatic nitrogens is 2. The average Bonchev–Trinajstić information content (AvgIpc) is 2.88. The minimum absolute atomic E-state index is 0.193. The fourth-order valence-electron chi connectivity index (χ4n) is 2.59. The molecule has 0 unspecified atom stereocenters. The molecule has 1 aromatic rings. The summed E-state index contributed by atoms with van der Waals surface area (Å²) in [6, 6.07) is 0.655. The Morgan fingerprint density at radius 2 is 2.33 bits per heavy atom. The number of aryl methyl sites for hydroxylation is 1. The summed E-state index contributed by atoms with van der Waals surface area (Å²) in [5.74, 6) is 0. The molecule has 102 valence electrons. The van der Waals surface area contributed by atoms with Crippen LogP contribution in [0.1, 0.15) is 45.3 Å². The molecule has 4 nitrogen and oxygen atoms in total. The maximum absolute atomic E-state index is 5.89. The molecule has 0 aromatic carbocycles. The highest BCUT2D eigenvalue weighted by Gasteiger charge is 2.25. The van der Waals surface area contributed by atoms with Crippen molar-refractivity contribution in [2.24, 2.45) is 0 Å². The Bertz CT molecular complexity index is 364. The van der Waals surface area contributed by atoms with Gasteiger partial charge in [0.2, 0.25) is 0 Å². The minimum Gasteiger partial charge on any atom is -0.371 e. The van der Waals surface area contributed by atoms with Crippen molar-refractivity contribution in [1.82, 2.24) is 14.7 Å². The van der Waals surface area contributed by atoms with Crippen molar-refractivity contribution in [3.05, 3.63) is 18.0 Å². The maximum Gasteiger partial charge on any atom is 0.0982 e. The topological polar surface area (TPSA) is 30.3 Å². The first-order valence-corrected chi connectivity index (χ1v) is 7.12. The second kappa shape index (κ2) is 6.34. The number of hydrogen-bond acceptors (Lipinski definition) is 3. The molecule has 2 atom stereocenters. The van der Waals surface area contributed by atoms with Gasteiger partial charge >= 0.3 is 0 Å². The van der Waals surface area contributed by atoms with Crippen molar-refractivity contribution in [2.75, 3.05) is 19.7 Å². The van der Waals surface area contributed by atoms with E-state index < -0.39 is 0 Å². The van der Waals surface area contributed by atoms with Gasteiger partial charge in [0, 0.05) is 37.4 Å². The molecule has 1 aromatic heterocycles. The van der Waals surface area contributed by atoms with Crippen LogP contribution in [0.15, 0.2) is 12.4 Å². The lowest BCUT2D eigenvalue weighted by Crippen LogP contribution is -2.43. The molecule has 0 aliphatic carbocycles. The number of morpholine rings is 1. The van der Waals surface area contributed by atoms with Crippen molar-refractivity contribution in [3.8, 4) is 0 Å². The fraction of sp³-hybridized carbons (Fsp3) is 0.786. The predicted octanol–water partition coefficient (Wildman–Crippen LogP) is 2.46. The first kappa shape index (κ1) is 13.6. The molecule has 1 fully saturated rings. The van der Waals surface area contributed by atoms with Gasteiger partial charge in [-0.1, -0.05) is 13.3 Å². The highest BCUT2D eigenvalue weighted by molar-refractivity contribution is 5.09. The van der Waals surface area contributed by atoms with E-state index in [1.807, 2.05) is 10.9 Å². The van der Waals surface area contributed by atoms with E-state index in [0.29, 0.717) is 6.04 Å². The van der Waals surface area contributed by atoms with E-state index in [4.69, 9.17) is 4.74 Å². The Hall–Kier alpha value is -0.870. The second-order valence-corrected chi connectivity index (χ2v) is 5.12. The lowest BCUT2D eigenvalue weighted by molar-refractivity contribution is -0.0436. The average molecular weight is 251 g/mol. The van der Waals surface area contributed by atoms with Crippen LogP contribution in [0.2, 0.25) is 0 Å². The molecule has 2 heterocycles. The third-order valence-corrected chi connectivity index (χ3v) is 3.78. The lowest BCUT2D eigenvalue weighted by atomic mass is 10.1. The van der Waals surface area contributed by atoms with Crippen LogP contribution in [0.5, 0.6) is 0 Å². The Balaban J connectivity index is 1.97. The van der Waals surface area contributed by atoms with Crippen LogP contribution in [-0.4, -0.2) is 40.4 Å². The molecule has 0 saturated carbocycles. The molecule has 1 aliphatic heterocycles. The van der Waals surface area contributed by atoms with E-state index in [9.17, 15) is 0 Å². The minimum atomic E-state index is 0.193. The third-order valence-electron chi connectivity index (χ3n) is 3.78. The van der Waals surface area contributed by atoms with E-state index in [2.05, 4.69) is 37.0 Å². The molecule has 0 amide bonds. The SMILES string of the molecule is CCC[C@H](C)N1CCO[C@@H](c2cnn(CC)c2)C1. The van der Waals surface area contributed by atoms with Crippen molar-refractivity contribution >= 4 is 0 Å². The first-order chi connectivity index (χ1) is 8.74. The molecule has 0 bridgehead atoms. The number of rotatable bonds is 5. The van der Waals surface area contributed by atoms with Gasteiger partial charge in [0.25, 0.3) is 0 Å². The standard InChI is InChI=1S/C14H25N3O/c1-4-6-12(3)16-7-8-18-14(11-16)13-9-15-17(5-2)10-13/h9-10,12,14H,4-8,11H2,1-3H3/t12-,14+/m0/s1. The number of ether oxygens (including phenoxy) is 1. The van der Waals surface area contributed by atoms with Crippen molar-refractivity contribution < 1.29 is 4.74 Å². The van der Waals surface area contributed by atoms with Crippen molar-refractivity contribution in [2.45, 2.75) is 52.3 Å². The van der Waals surface area contributed by atoms with Crippen molar-refractivity contribution in [1.29, 1.82) is 0 Å². The van der Waals surface area contributed by atoms with E-state index in [0.717, 1.165) is 26.2 Å². The van der Waals surface area contributed by atoms with Crippen LogP contribution in [0, 0.1) is 0 Å². The summed E-state index contributed by atoms with van der Waals surface area (Å²) in [6.07, 6.45) is 6.76. The quantitative estimate of drug-likeness (QED) is 0.805. The summed E-state index contributed by atoms with van der Waals surface area (Å²) < 4.78 is 7.85. The molecular formula is C14H25N3O. The van der Waals surface area contributed by atoms with Crippen LogP contribution < -0.4 is 0 Å². The highest BCUT2D eigenvalue weighted by atomic mass is 16.5. The summed E-state index contributed by atoms with van der Waals surface area (Å²) in [5, 5.41) is 4.33. The van der Waals surface area contributed by atoms with Gasteiger partial charge in [0.1, 0.15) is 0 Å². The largest absolute Gasteiger partial charge is 0.371 e. The normalized spacial score (nSPS) is 23.2. The van der Waals surface area contributed by atoms with Crippen LogP contribution in [0.3, 0.4) is 0 Å². The van der Waals surface area contributed by atoms with Gasteiger partial charge in [-0.15, -0.1) is 0 Å². The second-order valence-electron chi connectivity index (χ2n) is 5.12. The molecule has 18 heavy (non-hydrogen) atoms. The van der Waals surface area contributed by atoms with Gasteiger partial charge in [0.15, 0.2) is 0 Å². The molecule has 4 heteroatoms. The van der Waals surface area contributed by atoms with Crippen LogP contribution in [0.4, 0.5) is 0 Å². The van der Waals surface area contributed by atoms with Gasteiger partial charge in [-0.25, -0.2) is 0 Å². The van der Waals surface area contributed by atoms with Gasteiger partial charge in [-0.05, 0) is 20.3 Å². The molecular weight excluding hydrogens is 226 g/mol. The molecule has 1 saturated heterocycles. The molecule has 0 spiro atoms. The summed E-state index contributed by atoms with van der Waals surface area (Å²) in [4.78, 5) is 2.54. The van der Waals surface area contributed by atoms with Gasteiger partial charge in [-0.2, -0.15) is 5.10 Å². The van der Waals surface area contributed by atoms with Crippen molar-refractivity contribution in [3.63, 3.8) is 0 Å². The van der Waals surface area contributed by atoms with E-state index >= 15 is 0 Å². The van der Waals surface area contributed by atoms with E-state index in [1.165, 1.54) is 18.4 Å². The Morgan fingerprint density at radius 1 is 1.50 bits per heavy atom. The zero-order valence-corrected chi connectivity index (χ0v) is 11.8. The first-order valence-electron chi connectivity index (χ1n) is 7.12. The van der Waals surface area contributed by atoms with Gasteiger partial charge in [0.05, 0.1) is 18.9 Å². The van der Waals surface area contributed by atoms with Gasteiger partial charge in [-0.3, -0.25) is 9.58 Å². The number of hydrogen-bond donors (Lipinski definition) is 0. The van der Waals surface area contributed by atoms with E-state index in [-0.39, 0.29) is 6.10 Å². The molecule has 0 radical (unpaired) electrons. The highest BCUT2D eigenvalue weighted by Crippen LogP contribution is 2.23. The zero-order valence-electron chi connectivity index (χ0n) is 11.8. The third kappa shape index (κ3) is 3.12. The molecule has 1 aliphatic rings. The summed E-state index contributed by atoms with van der Waals surface area (Å²) >= 11 is 0. The lowest BCUT2D eigenvalue weighted by Gasteiger charge is -2.36. The molecule has 0 N–H and O–H groups in total. The van der Waals surface area contributed by atoms with Crippen LogP contribution in [-0.2, 0) is 11.3 Å². The maximum atomic E-state index is 5.89. The zero-order chi connectivity index (χ0) is 13.0. The summed E-state index contributed by atoms with van der Waals surface area (Å²) in [6.45, 7) is 10.5. The Labute approximate surface area is 110 Å².